The number of halogens is 1. The number of rotatable bonds is 10. The minimum Gasteiger partial charge on any atom is -0.462 e. The van der Waals surface area contributed by atoms with Gasteiger partial charge in [-0.2, -0.15) is 0 Å². The Morgan fingerprint density at radius 1 is 1.13 bits per heavy atom. The lowest BCUT2D eigenvalue weighted by molar-refractivity contribution is -0.330. The van der Waals surface area contributed by atoms with Crippen LogP contribution >= 0.6 is 11.6 Å². The Morgan fingerprint density at radius 3 is 2.55 bits per heavy atom. The quantitative estimate of drug-likeness (QED) is 0.235. The largest absolute Gasteiger partial charge is 0.462 e. The van der Waals surface area contributed by atoms with E-state index in [1.165, 1.54) is 0 Å². The van der Waals surface area contributed by atoms with E-state index < -0.39 is 35.7 Å². The van der Waals surface area contributed by atoms with E-state index in [9.17, 15) is 20.1 Å². The first-order chi connectivity index (χ1) is 18.2. The van der Waals surface area contributed by atoms with E-state index in [-0.39, 0.29) is 19.6 Å². The molecule has 2 aromatic rings. The molecule has 9 nitrogen and oxygen atoms in total. The van der Waals surface area contributed by atoms with Crippen molar-refractivity contribution in [3.8, 4) is 0 Å². The van der Waals surface area contributed by atoms with Crippen molar-refractivity contribution < 1.29 is 39.2 Å². The van der Waals surface area contributed by atoms with Crippen LogP contribution < -0.4 is 0 Å². The van der Waals surface area contributed by atoms with Crippen molar-refractivity contribution in [1.82, 2.24) is 0 Å². The molecule has 0 saturated carbocycles. The molecule has 2 aliphatic rings. The van der Waals surface area contributed by atoms with E-state index in [1.54, 1.807) is 18.2 Å². The topological polar surface area (TPSA) is 127 Å². The highest BCUT2D eigenvalue weighted by Gasteiger charge is 2.67. The minimum absolute atomic E-state index is 0.191. The zero-order valence-corrected chi connectivity index (χ0v) is 22.5. The predicted molar refractivity (Wildman–Crippen MR) is 140 cm³/mol. The molecule has 38 heavy (non-hydrogen) atoms. The van der Waals surface area contributed by atoms with E-state index in [0.29, 0.717) is 30.0 Å². The SMILES string of the molecule is CCCC(=O)OCC12COC(c3ccc(Cl)c(Cc4ccc(C(C)=NOCC)cc4)c3)(O1)C(O)C(O)C2O. The summed E-state index contributed by atoms with van der Waals surface area (Å²) in [6.07, 6.45) is -3.42. The summed E-state index contributed by atoms with van der Waals surface area (Å²) >= 11 is 6.53. The second kappa shape index (κ2) is 11.7. The average molecular weight is 548 g/mol. The lowest BCUT2D eigenvalue weighted by Gasteiger charge is -2.46. The summed E-state index contributed by atoms with van der Waals surface area (Å²) < 4.78 is 17.5. The van der Waals surface area contributed by atoms with Crippen molar-refractivity contribution in [2.24, 2.45) is 5.16 Å². The van der Waals surface area contributed by atoms with Crippen LogP contribution in [0.3, 0.4) is 0 Å². The molecule has 0 aliphatic carbocycles. The highest BCUT2D eigenvalue weighted by molar-refractivity contribution is 6.31. The van der Waals surface area contributed by atoms with Gasteiger partial charge in [-0.05, 0) is 55.5 Å². The number of carbonyl (C=O) groups excluding carboxylic acids is 1. The Balaban J connectivity index is 1.59. The zero-order chi connectivity index (χ0) is 27.5. The standard InChI is InChI=1S/C28H34ClNO8/c1-4-6-23(31)35-15-27-16-36-28(38-27,26(34)24(32)25(27)33)21-11-12-22(29)20(14-21)13-18-7-9-19(10-8-18)17(3)30-37-5-2/h7-12,14,24-26,32-34H,4-6,13,15-16H2,1-3H3. The van der Waals surface area contributed by atoms with Gasteiger partial charge >= 0.3 is 5.97 Å². The van der Waals surface area contributed by atoms with Crippen LogP contribution in [0.1, 0.15) is 55.9 Å². The number of aliphatic hydroxyl groups is 3. The van der Waals surface area contributed by atoms with Crippen LogP contribution in [0.15, 0.2) is 47.6 Å². The van der Waals surface area contributed by atoms with Crippen molar-refractivity contribution in [3.63, 3.8) is 0 Å². The first kappa shape index (κ1) is 28.5. The maximum Gasteiger partial charge on any atom is 0.305 e. The van der Waals surface area contributed by atoms with Crippen molar-refractivity contribution in [3.05, 3.63) is 69.7 Å². The zero-order valence-electron chi connectivity index (χ0n) is 21.7. The molecule has 2 aliphatic heterocycles. The number of esters is 1. The van der Waals surface area contributed by atoms with E-state index in [0.717, 1.165) is 22.4 Å². The van der Waals surface area contributed by atoms with Gasteiger partial charge in [0.15, 0.2) is 5.60 Å². The van der Waals surface area contributed by atoms with Gasteiger partial charge in [0.2, 0.25) is 5.79 Å². The van der Waals surface area contributed by atoms with Crippen LogP contribution in [0, 0.1) is 0 Å². The van der Waals surface area contributed by atoms with Gasteiger partial charge in [0.1, 0.15) is 31.5 Å². The summed E-state index contributed by atoms with van der Waals surface area (Å²) in [5.41, 5.74) is 2.33. The first-order valence-corrected chi connectivity index (χ1v) is 13.1. The molecular weight excluding hydrogens is 514 g/mol. The third-order valence-corrected chi connectivity index (χ3v) is 7.31. The Bertz CT molecular complexity index is 1170. The van der Waals surface area contributed by atoms with Crippen LogP contribution in [0.25, 0.3) is 0 Å². The van der Waals surface area contributed by atoms with Crippen molar-refractivity contribution >= 4 is 23.3 Å². The van der Waals surface area contributed by atoms with Crippen molar-refractivity contribution in [1.29, 1.82) is 0 Å². The summed E-state index contributed by atoms with van der Waals surface area (Å²) in [4.78, 5) is 17.1. The van der Waals surface area contributed by atoms with E-state index in [4.69, 9.17) is 30.6 Å². The molecular formula is C28H34ClNO8. The van der Waals surface area contributed by atoms with Crippen LogP contribution in [0.2, 0.25) is 5.02 Å². The van der Waals surface area contributed by atoms with E-state index in [2.05, 4.69) is 5.16 Å². The Kier molecular flexibility index (Phi) is 8.76. The number of ether oxygens (including phenoxy) is 3. The molecule has 0 amide bonds. The molecule has 5 atom stereocenters. The van der Waals surface area contributed by atoms with Crippen molar-refractivity contribution in [2.45, 2.75) is 69.7 Å². The summed E-state index contributed by atoms with van der Waals surface area (Å²) in [6.45, 7) is 5.57. The van der Waals surface area contributed by atoms with E-state index >= 15 is 0 Å². The number of hydrogen-bond donors (Lipinski definition) is 3. The van der Waals surface area contributed by atoms with Gasteiger partial charge in [-0.15, -0.1) is 0 Å². The first-order valence-electron chi connectivity index (χ1n) is 12.7. The van der Waals surface area contributed by atoms with Gasteiger partial charge in [0.25, 0.3) is 0 Å². The maximum absolute atomic E-state index is 12.0. The summed E-state index contributed by atoms with van der Waals surface area (Å²) in [7, 11) is 0. The normalized spacial score (nSPS) is 28.8. The molecule has 0 spiro atoms. The van der Waals surface area contributed by atoms with Gasteiger partial charge in [-0.3, -0.25) is 4.79 Å². The molecule has 2 fully saturated rings. The molecule has 2 aromatic carbocycles. The van der Waals surface area contributed by atoms with Gasteiger partial charge in [0.05, 0.1) is 12.3 Å². The Labute approximate surface area is 226 Å². The lowest BCUT2D eigenvalue weighted by atomic mass is 9.83. The van der Waals surface area contributed by atoms with Gasteiger partial charge < -0.3 is 34.4 Å². The predicted octanol–water partition coefficient (Wildman–Crippen LogP) is 3.07. The number of nitrogens with zero attached hydrogens (tertiary/aromatic N) is 1. The fraction of sp³-hybridized carbons (Fsp3) is 0.500. The van der Waals surface area contributed by atoms with Crippen molar-refractivity contribution in [2.75, 3.05) is 19.8 Å². The fourth-order valence-corrected chi connectivity index (χ4v) is 4.95. The van der Waals surface area contributed by atoms with Crippen LogP contribution in [0.4, 0.5) is 0 Å². The molecule has 10 heteroatoms. The molecule has 0 aromatic heterocycles. The van der Waals surface area contributed by atoms with E-state index in [1.807, 2.05) is 45.0 Å². The molecule has 2 bridgehead atoms. The Hall–Kier alpha value is -2.53. The lowest BCUT2D eigenvalue weighted by Crippen LogP contribution is -2.65. The maximum atomic E-state index is 12.0. The Morgan fingerprint density at radius 2 is 1.87 bits per heavy atom. The molecule has 3 N–H and O–H groups in total. The average Bonchev–Trinajstić information content (AvgIpc) is 3.30. The van der Waals surface area contributed by atoms with Gasteiger partial charge in [0, 0.05) is 17.0 Å². The third kappa shape index (κ3) is 5.45. The summed E-state index contributed by atoms with van der Waals surface area (Å²) in [5, 5.41) is 37.0. The highest BCUT2D eigenvalue weighted by atomic mass is 35.5. The van der Waals surface area contributed by atoms with Gasteiger partial charge in [-0.1, -0.05) is 54.0 Å². The number of fused-ring (bicyclic) bond motifs is 2. The minimum atomic E-state index is -1.77. The number of carbonyl (C=O) groups is 1. The molecule has 0 radical (unpaired) electrons. The van der Waals surface area contributed by atoms with Crippen LogP contribution in [-0.4, -0.2) is 70.7 Å². The molecule has 5 unspecified atom stereocenters. The molecule has 2 heterocycles. The number of oxime groups is 1. The fourth-order valence-electron chi connectivity index (χ4n) is 4.76. The summed E-state index contributed by atoms with van der Waals surface area (Å²) in [6, 6.07) is 12.9. The van der Waals surface area contributed by atoms with Gasteiger partial charge in [-0.25, -0.2) is 0 Å². The number of benzene rings is 2. The second-order valence-electron chi connectivity index (χ2n) is 9.69. The smallest absolute Gasteiger partial charge is 0.305 e. The highest BCUT2D eigenvalue weighted by Crippen LogP contribution is 2.50. The second-order valence-corrected chi connectivity index (χ2v) is 10.1. The third-order valence-electron chi connectivity index (χ3n) is 6.94. The van der Waals surface area contributed by atoms with Crippen LogP contribution in [0.5, 0.6) is 0 Å². The molecule has 206 valence electrons. The monoisotopic (exact) mass is 547 g/mol. The number of hydrogen-bond acceptors (Lipinski definition) is 9. The molecule has 4 rings (SSSR count). The van der Waals surface area contributed by atoms with Crippen LogP contribution in [-0.2, 0) is 36.1 Å². The number of aliphatic hydroxyl groups excluding tert-OH is 3. The summed E-state index contributed by atoms with van der Waals surface area (Å²) in [5.74, 6) is -2.22. The molecule has 2 saturated heterocycles.